The molecular formula is C21H22N4O2S. The van der Waals surface area contributed by atoms with Crippen LogP contribution < -0.4 is 0 Å². The molecule has 2 bridgehead atoms. The van der Waals surface area contributed by atoms with Crippen LogP contribution in [0.15, 0.2) is 59.8 Å². The lowest BCUT2D eigenvalue weighted by Crippen LogP contribution is -2.37. The average Bonchev–Trinajstić information content (AvgIpc) is 3.22. The quantitative estimate of drug-likeness (QED) is 0.681. The number of aromatic nitrogens is 3. The van der Waals surface area contributed by atoms with Gasteiger partial charge in [0.2, 0.25) is 0 Å². The first-order chi connectivity index (χ1) is 13.5. The third-order valence-corrected chi connectivity index (χ3v) is 7.04. The number of fused-ring (bicyclic) bond motifs is 4. The first kappa shape index (κ1) is 17.6. The van der Waals surface area contributed by atoms with Crippen LogP contribution in [0.4, 0.5) is 0 Å². The Bertz CT molecular complexity index is 1110. The first-order valence-electron chi connectivity index (χ1n) is 9.53. The van der Waals surface area contributed by atoms with Gasteiger partial charge in [0.25, 0.3) is 0 Å². The van der Waals surface area contributed by atoms with Crippen molar-refractivity contribution >= 4 is 9.84 Å². The summed E-state index contributed by atoms with van der Waals surface area (Å²) in [6, 6.07) is 13.9. The fourth-order valence-electron chi connectivity index (χ4n) is 4.56. The van der Waals surface area contributed by atoms with Crippen molar-refractivity contribution in [2.24, 2.45) is 0 Å². The minimum absolute atomic E-state index is 0.332. The molecule has 5 rings (SSSR count). The molecule has 144 valence electrons. The van der Waals surface area contributed by atoms with Gasteiger partial charge >= 0.3 is 0 Å². The number of pyridine rings is 1. The molecule has 1 saturated heterocycles. The number of nitrogens with zero attached hydrogens (tertiary/aromatic N) is 4. The summed E-state index contributed by atoms with van der Waals surface area (Å²) in [7, 11) is -3.19. The summed E-state index contributed by atoms with van der Waals surface area (Å²) in [6.07, 6.45) is 8.34. The van der Waals surface area contributed by atoms with Crippen LogP contribution in [0.1, 0.15) is 35.8 Å². The van der Waals surface area contributed by atoms with Gasteiger partial charge in [0.15, 0.2) is 9.84 Å². The Labute approximate surface area is 164 Å². The molecule has 0 saturated carbocycles. The average molecular weight is 395 g/mol. The van der Waals surface area contributed by atoms with Crippen LogP contribution in [0.2, 0.25) is 0 Å². The van der Waals surface area contributed by atoms with Crippen LogP contribution >= 0.6 is 0 Å². The van der Waals surface area contributed by atoms with E-state index in [1.807, 2.05) is 41.3 Å². The van der Waals surface area contributed by atoms with E-state index in [0.717, 1.165) is 30.8 Å². The van der Waals surface area contributed by atoms with Gasteiger partial charge in [-0.2, -0.15) is 5.10 Å². The van der Waals surface area contributed by atoms with Gasteiger partial charge < -0.3 is 0 Å². The molecule has 2 aliphatic heterocycles. The number of sulfone groups is 1. The highest BCUT2D eigenvalue weighted by atomic mass is 32.2. The number of hydrogen-bond donors (Lipinski definition) is 0. The molecule has 0 spiro atoms. The molecule has 6 nitrogen and oxygen atoms in total. The van der Waals surface area contributed by atoms with Crippen LogP contribution in [0.3, 0.4) is 0 Å². The van der Waals surface area contributed by atoms with Gasteiger partial charge in [0.05, 0.1) is 28.2 Å². The van der Waals surface area contributed by atoms with Crippen LogP contribution in [0.5, 0.6) is 0 Å². The summed E-state index contributed by atoms with van der Waals surface area (Å²) in [6.45, 7) is 0.865. The predicted molar refractivity (Wildman–Crippen MR) is 106 cm³/mol. The molecule has 1 aromatic carbocycles. The lowest BCUT2D eigenvalue weighted by Gasteiger charge is -2.34. The predicted octanol–water partition coefficient (Wildman–Crippen LogP) is 2.93. The summed E-state index contributed by atoms with van der Waals surface area (Å²) in [5, 5.41) is 4.65. The van der Waals surface area contributed by atoms with Crippen LogP contribution in [0.25, 0.3) is 5.69 Å². The van der Waals surface area contributed by atoms with Gasteiger partial charge in [-0.05, 0) is 49.2 Å². The van der Waals surface area contributed by atoms with E-state index in [1.165, 1.54) is 23.9 Å². The highest BCUT2D eigenvalue weighted by Crippen LogP contribution is 2.44. The van der Waals surface area contributed by atoms with Crippen LogP contribution in [-0.4, -0.2) is 40.4 Å². The highest BCUT2D eigenvalue weighted by Gasteiger charge is 2.41. The van der Waals surface area contributed by atoms with Crippen molar-refractivity contribution in [3.63, 3.8) is 0 Å². The third-order valence-electron chi connectivity index (χ3n) is 5.91. The van der Waals surface area contributed by atoms with Crippen molar-refractivity contribution < 1.29 is 8.42 Å². The Hall–Kier alpha value is -2.51. The van der Waals surface area contributed by atoms with Crippen molar-refractivity contribution in [2.45, 2.75) is 42.8 Å². The largest absolute Gasteiger partial charge is 0.287 e. The zero-order valence-electron chi connectivity index (χ0n) is 15.7. The molecule has 1 fully saturated rings. The van der Waals surface area contributed by atoms with Gasteiger partial charge in [-0.25, -0.2) is 13.1 Å². The topological polar surface area (TPSA) is 68.1 Å². The Morgan fingerprint density at radius 2 is 1.93 bits per heavy atom. The summed E-state index contributed by atoms with van der Waals surface area (Å²) in [4.78, 5) is 7.39. The monoisotopic (exact) mass is 394 g/mol. The number of benzene rings is 1. The smallest absolute Gasteiger partial charge is 0.175 e. The molecule has 3 aromatic rings. The minimum Gasteiger partial charge on any atom is -0.287 e. The molecule has 0 amide bonds. The van der Waals surface area contributed by atoms with E-state index in [0.29, 0.717) is 17.0 Å². The van der Waals surface area contributed by atoms with E-state index < -0.39 is 9.84 Å². The molecule has 0 aliphatic carbocycles. The van der Waals surface area contributed by atoms with Crippen LogP contribution in [0, 0.1) is 0 Å². The number of rotatable bonds is 4. The van der Waals surface area contributed by atoms with E-state index in [4.69, 9.17) is 0 Å². The van der Waals surface area contributed by atoms with Crippen molar-refractivity contribution in [2.75, 3.05) is 6.26 Å². The molecule has 4 heterocycles. The third kappa shape index (κ3) is 2.95. The van der Waals surface area contributed by atoms with Crippen molar-refractivity contribution in [1.29, 1.82) is 0 Å². The van der Waals surface area contributed by atoms with E-state index in [9.17, 15) is 8.42 Å². The van der Waals surface area contributed by atoms with Gasteiger partial charge in [-0.1, -0.05) is 6.07 Å². The lowest BCUT2D eigenvalue weighted by molar-refractivity contribution is 0.165. The lowest BCUT2D eigenvalue weighted by atomic mass is 9.99. The van der Waals surface area contributed by atoms with E-state index in [2.05, 4.69) is 21.0 Å². The molecule has 2 aliphatic rings. The molecule has 0 N–H and O–H groups in total. The van der Waals surface area contributed by atoms with Crippen molar-refractivity contribution in [1.82, 2.24) is 19.7 Å². The second kappa shape index (κ2) is 6.53. The summed E-state index contributed by atoms with van der Waals surface area (Å²) >= 11 is 0. The van der Waals surface area contributed by atoms with Crippen molar-refractivity contribution in [3.05, 3.63) is 71.8 Å². The minimum atomic E-state index is -3.19. The second-order valence-electron chi connectivity index (χ2n) is 7.67. The van der Waals surface area contributed by atoms with Gasteiger partial charge in [-0.3, -0.25) is 9.88 Å². The number of hydrogen-bond acceptors (Lipinski definition) is 5. The summed E-state index contributed by atoms with van der Waals surface area (Å²) < 4.78 is 25.4. The van der Waals surface area contributed by atoms with E-state index in [1.54, 1.807) is 12.1 Å². The standard InChI is InChI=1S/C21H22N4O2S/c1-28(26,27)18-8-5-16(6-9-18)25-21-12-17-7-10-20(19(21)13-23-25)24(17)14-15-4-2-3-11-22-15/h2-6,8-9,11,13,17,20H,7,10,12,14H2,1H3/t17-,20-/m0/s1. The van der Waals surface area contributed by atoms with E-state index in [-0.39, 0.29) is 0 Å². The fraction of sp³-hybridized carbons (Fsp3) is 0.333. The first-order valence-corrected chi connectivity index (χ1v) is 11.4. The zero-order valence-corrected chi connectivity index (χ0v) is 16.5. The summed E-state index contributed by atoms with van der Waals surface area (Å²) in [5.41, 5.74) is 4.55. The van der Waals surface area contributed by atoms with Gasteiger partial charge in [0, 0.05) is 43.1 Å². The maximum Gasteiger partial charge on any atom is 0.175 e. The highest BCUT2D eigenvalue weighted by molar-refractivity contribution is 7.90. The maximum absolute atomic E-state index is 11.7. The SMILES string of the molecule is CS(=O)(=O)c1ccc(-n2ncc3c2C[C@@H]2CC[C@@H]3N2Cc2ccccn2)cc1. The van der Waals surface area contributed by atoms with Crippen molar-refractivity contribution in [3.8, 4) is 5.69 Å². The molecule has 0 unspecified atom stereocenters. The Kier molecular flexibility index (Phi) is 4.10. The normalized spacial score (nSPS) is 21.6. The summed E-state index contributed by atoms with van der Waals surface area (Å²) in [5.74, 6) is 0. The molecular weight excluding hydrogens is 372 g/mol. The van der Waals surface area contributed by atoms with Crippen LogP contribution in [-0.2, 0) is 22.8 Å². The Morgan fingerprint density at radius 1 is 1.11 bits per heavy atom. The Morgan fingerprint density at radius 3 is 2.64 bits per heavy atom. The Balaban J connectivity index is 1.46. The zero-order chi connectivity index (χ0) is 19.3. The molecule has 28 heavy (non-hydrogen) atoms. The van der Waals surface area contributed by atoms with Gasteiger partial charge in [-0.15, -0.1) is 0 Å². The molecule has 0 radical (unpaired) electrons. The maximum atomic E-state index is 11.7. The van der Waals surface area contributed by atoms with E-state index >= 15 is 0 Å². The fourth-order valence-corrected chi connectivity index (χ4v) is 5.19. The van der Waals surface area contributed by atoms with Gasteiger partial charge in [0.1, 0.15) is 0 Å². The molecule has 2 atom stereocenters. The second-order valence-corrected chi connectivity index (χ2v) is 9.68. The molecule has 7 heteroatoms. The molecule has 2 aromatic heterocycles.